The molecule has 1 fully saturated rings. The van der Waals surface area contributed by atoms with E-state index in [4.69, 9.17) is 9.47 Å². The van der Waals surface area contributed by atoms with E-state index in [-0.39, 0.29) is 11.3 Å². The lowest BCUT2D eigenvalue weighted by Gasteiger charge is -2.27. The number of ether oxygens (including phenoxy) is 2. The van der Waals surface area contributed by atoms with E-state index >= 15 is 0 Å². The van der Waals surface area contributed by atoms with Crippen LogP contribution in [0.15, 0.2) is 67.0 Å². The number of hydrogen-bond acceptors (Lipinski definition) is 4. The molecule has 2 heterocycles. The van der Waals surface area contributed by atoms with E-state index in [2.05, 4.69) is 28.8 Å². The van der Waals surface area contributed by atoms with Gasteiger partial charge in [-0.25, -0.2) is 0 Å². The second kappa shape index (κ2) is 8.02. The summed E-state index contributed by atoms with van der Waals surface area (Å²) in [5.74, 6) is 2.05. The quantitative estimate of drug-likeness (QED) is 0.626. The van der Waals surface area contributed by atoms with E-state index in [1.807, 2.05) is 47.6 Å². The van der Waals surface area contributed by atoms with Crippen LogP contribution in [0, 0.1) is 0 Å². The zero-order valence-corrected chi connectivity index (χ0v) is 16.7. The number of carbonyl (C=O) groups excluding carboxylic acids is 1. The number of carbonyl (C=O) groups is 1. The average molecular weight is 394 g/mol. The number of aromatic nitrogens is 1. The molecule has 1 unspecified atom stereocenters. The van der Waals surface area contributed by atoms with Gasteiger partial charge in [-0.05, 0) is 42.0 Å². The Morgan fingerprint density at radius 2 is 1.61 bits per heavy atom. The molecule has 0 aliphatic carbocycles. The van der Waals surface area contributed by atoms with Crippen molar-refractivity contribution in [3.05, 3.63) is 78.1 Å². The molecular weight excluding hydrogens is 372 g/mol. The van der Waals surface area contributed by atoms with Crippen LogP contribution < -0.4 is 9.47 Å². The molecule has 0 saturated carbocycles. The molecule has 1 aromatic heterocycles. The van der Waals surface area contributed by atoms with Crippen molar-refractivity contribution in [3.8, 4) is 17.2 Å². The van der Waals surface area contributed by atoms with Crippen molar-refractivity contribution in [2.45, 2.75) is 11.9 Å². The second-order valence-electron chi connectivity index (χ2n) is 6.52. The smallest absolute Gasteiger partial charge is 0.234 e. The number of thioether (sulfide) groups is 1. The zero-order chi connectivity index (χ0) is 19.5. The van der Waals surface area contributed by atoms with Gasteiger partial charge >= 0.3 is 0 Å². The predicted molar refractivity (Wildman–Crippen MR) is 111 cm³/mol. The van der Waals surface area contributed by atoms with Gasteiger partial charge in [0, 0.05) is 24.6 Å². The number of amides is 1. The highest BCUT2D eigenvalue weighted by atomic mass is 32.2. The molecule has 0 spiro atoms. The lowest BCUT2D eigenvalue weighted by molar-refractivity contribution is -0.128. The van der Waals surface area contributed by atoms with E-state index in [1.54, 1.807) is 26.0 Å². The molecule has 2 aromatic carbocycles. The summed E-state index contributed by atoms with van der Waals surface area (Å²) in [5.41, 5.74) is 3.09. The summed E-state index contributed by atoms with van der Waals surface area (Å²) in [6.07, 6.45) is 4.03. The van der Waals surface area contributed by atoms with Gasteiger partial charge in [-0.3, -0.25) is 4.79 Å². The van der Waals surface area contributed by atoms with Crippen LogP contribution in [0.25, 0.3) is 5.69 Å². The van der Waals surface area contributed by atoms with Crippen molar-refractivity contribution in [1.82, 2.24) is 9.47 Å². The number of nitrogens with zero attached hydrogens (tertiary/aromatic N) is 2. The van der Waals surface area contributed by atoms with Crippen LogP contribution in [0.1, 0.15) is 16.5 Å². The van der Waals surface area contributed by atoms with E-state index < -0.39 is 0 Å². The fourth-order valence-electron chi connectivity index (χ4n) is 3.46. The Bertz CT molecular complexity index is 932. The Balaban J connectivity index is 1.61. The van der Waals surface area contributed by atoms with Gasteiger partial charge in [-0.1, -0.05) is 18.2 Å². The molecule has 1 aliphatic rings. The highest BCUT2D eigenvalue weighted by Crippen LogP contribution is 2.47. The molecule has 28 heavy (non-hydrogen) atoms. The summed E-state index contributed by atoms with van der Waals surface area (Å²) in [6.45, 7) is 0.545. The van der Waals surface area contributed by atoms with Gasteiger partial charge in [0.25, 0.3) is 0 Å². The molecule has 1 amide bonds. The third-order valence-electron chi connectivity index (χ3n) is 4.87. The van der Waals surface area contributed by atoms with Gasteiger partial charge in [-0.2, -0.15) is 0 Å². The van der Waals surface area contributed by atoms with Crippen molar-refractivity contribution in [2.75, 3.05) is 20.0 Å². The molecule has 3 aromatic rings. The molecule has 0 bridgehead atoms. The van der Waals surface area contributed by atoms with Crippen LogP contribution in [-0.2, 0) is 11.3 Å². The minimum Gasteiger partial charge on any atom is -0.496 e. The van der Waals surface area contributed by atoms with Crippen molar-refractivity contribution >= 4 is 17.7 Å². The average Bonchev–Trinajstić information content (AvgIpc) is 3.39. The maximum absolute atomic E-state index is 12.6. The Morgan fingerprint density at radius 1 is 0.964 bits per heavy atom. The SMILES string of the molecule is COc1cccc(OC)c1C1SCC(=O)N1Cc1ccc(-n2cccc2)cc1. The molecule has 1 saturated heterocycles. The third kappa shape index (κ3) is 3.47. The predicted octanol–water partition coefficient (Wildman–Crippen LogP) is 4.27. The topological polar surface area (TPSA) is 43.7 Å². The normalized spacial score (nSPS) is 16.4. The highest BCUT2D eigenvalue weighted by Gasteiger charge is 2.36. The van der Waals surface area contributed by atoms with Crippen LogP contribution >= 0.6 is 11.8 Å². The van der Waals surface area contributed by atoms with Gasteiger partial charge in [-0.15, -0.1) is 11.8 Å². The van der Waals surface area contributed by atoms with Crippen molar-refractivity contribution in [2.24, 2.45) is 0 Å². The van der Waals surface area contributed by atoms with Gasteiger partial charge in [0.05, 0.1) is 25.5 Å². The molecule has 0 radical (unpaired) electrons. The molecule has 6 heteroatoms. The molecule has 5 nitrogen and oxygen atoms in total. The Labute approximate surface area is 168 Å². The summed E-state index contributed by atoms with van der Waals surface area (Å²) in [7, 11) is 3.29. The summed E-state index contributed by atoms with van der Waals surface area (Å²) in [4.78, 5) is 14.5. The molecular formula is C22H22N2O3S. The zero-order valence-electron chi connectivity index (χ0n) is 15.9. The van der Waals surface area contributed by atoms with Crippen molar-refractivity contribution in [3.63, 3.8) is 0 Å². The monoisotopic (exact) mass is 394 g/mol. The van der Waals surface area contributed by atoms with E-state index in [0.29, 0.717) is 12.3 Å². The summed E-state index contributed by atoms with van der Waals surface area (Å²) in [6, 6.07) is 18.0. The summed E-state index contributed by atoms with van der Waals surface area (Å²) >= 11 is 1.60. The van der Waals surface area contributed by atoms with E-state index in [1.165, 1.54) is 0 Å². The minimum atomic E-state index is -0.136. The maximum atomic E-state index is 12.6. The summed E-state index contributed by atoms with van der Waals surface area (Å²) in [5, 5.41) is -0.136. The Kier molecular flexibility index (Phi) is 5.30. The number of hydrogen-bond donors (Lipinski definition) is 0. The molecule has 144 valence electrons. The van der Waals surface area contributed by atoms with Gasteiger partial charge in [0.15, 0.2) is 0 Å². The number of benzene rings is 2. The first kappa shape index (κ1) is 18.5. The lowest BCUT2D eigenvalue weighted by atomic mass is 10.1. The lowest BCUT2D eigenvalue weighted by Crippen LogP contribution is -2.28. The Morgan fingerprint density at radius 3 is 2.21 bits per heavy atom. The maximum Gasteiger partial charge on any atom is 0.234 e. The fraction of sp³-hybridized carbons (Fsp3) is 0.227. The van der Waals surface area contributed by atoms with Crippen LogP contribution in [0.4, 0.5) is 0 Å². The first-order valence-corrected chi connectivity index (χ1v) is 10.1. The molecule has 1 atom stereocenters. The molecule has 1 aliphatic heterocycles. The van der Waals surface area contributed by atoms with Crippen molar-refractivity contribution in [1.29, 1.82) is 0 Å². The largest absolute Gasteiger partial charge is 0.496 e. The minimum absolute atomic E-state index is 0.123. The van der Waals surface area contributed by atoms with Crippen LogP contribution in [0.5, 0.6) is 11.5 Å². The Hall–Kier alpha value is -2.86. The van der Waals surface area contributed by atoms with E-state index in [0.717, 1.165) is 28.3 Å². The fourth-order valence-corrected chi connectivity index (χ4v) is 4.70. The van der Waals surface area contributed by atoms with Gasteiger partial charge in [0.1, 0.15) is 16.9 Å². The highest BCUT2D eigenvalue weighted by molar-refractivity contribution is 8.00. The van der Waals surface area contributed by atoms with E-state index in [9.17, 15) is 4.79 Å². The van der Waals surface area contributed by atoms with Crippen LogP contribution in [0.2, 0.25) is 0 Å². The first-order valence-electron chi connectivity index (χ1n) is 9.05. The van der Waals surface area contributed by atoms with Gasteiger partial charge in [0.2, 0.25) is 5.91 Å². The van der Waals surface area contributed by atoms with Gasteiger partial charge < -0.3 is 18.9 Å². The third-order valence-corrected chi connectivity index (χ3v) is 6.09. The van der Waals surface area contributed by atoms with Crippen LogP contribution in [0.3, 0.4) is 0 Å². The summed E-state index contributed by atoms with van der Waals surface area (Å²) < 4.78 is 13.2. The number of rotatable bonds is 6. The first-order chi connectivity index (χ1) is 13.7. The van der Waals surface area contributed by atoms with Crippen LogP contribution in [-0.4, -0.2) is 35.3 Å². The molecule has 4 rings (SSSR count). The molecule has 0 N–H and O–H groups in total. The number of methoxy groups -OCH3 is 2. The second-order valence-corrected chi connectivity index (χ2v) is 7.59. The standard InChI is InChI=1S/C22H22N2O3S/c1-26-18-6-5-7-19(27-2)21(18)22-24(20(25)15-28-22)14-16-8-10-17(11-9-16)23-12-3-4-13-23/h3-13,22H,14-15H2,1-2H3. The van der Waals surface area contributed by atoms with Crippen molar-refractivity contribution < 1.29 is 14.3 Å².